The standard InChI is InChI=1S/C19H22/c1-6-16-12-18(8-7-14(16)4)17-9-10-19(13(2)3)15(5)11-17/h7-12H,2,6H2,1,3-5H3. The highest BCUT2D eigenvalue weighted by Gasteiger charge is 2.04. The summed E-state index contributed by atoms with van der Waals surface area (Å²) in [6.07, 6.45) is 1.09. The lowest BCUT2D eigenvalue weighted by Gasteiger charge is -2.11. The maximum absolute atomic E-state index is 4.03. The summed E-state index contributed by atoms with van der Waals surface area (Å²) >= 11 is 0. The Morgan fingerprint density at radius 2 is 1.58 bits per heavy atom. The fourth-order valence-corrected chi connectivity index (χ4v) is 2.55. The molecule has 0 aliphatic carbocycles. The average Bonchev–Trinajstić information content (AvgIpc) is 2.38. The smallest absolute Gasteiger partial charge is 0.0181 e. The number of rotatable bonds is 3. The summed E-state index contributed by atoms with van der Waals surface area (Å²) in [7, 11) is 0. The third kappa shape index (κ3) is 2.78. The lowest BCUT2D eigenvalue weighted by Crippen LogP contribution is -1.90. The van der Waals surface area contributed by atoms with E-state index in [1.807, 2.05) is 0 Å². The molecule has 0 bridgehead atoms. The second-order valence-electron chi connectivity index (χ2n) is 5.30. The lowest BCUT2D eigenvalue weighted by atomic mass is 9.94. The van der Waals surface area contributed by atoms with Crippen molar-refractivity contribution in [2.45, 2.75) is 34.1 Å². The molecule has 0 heterocycles. The van der Waals surface area contributed by atoms with Crippen LogP contribution in [0.5, 0.6) is 0 Å². The highest BCUT2D eigenvalue weighted by atomic mass is 14.1. The predicted molar refractivity (Wildman–Crippen MR) is 85.4 cm³/mol. The van der Waals surface area contributed by atoms with Gasteiger partial charge in [-0.1, -0.05) is 55.5 Å². The molecular weight excluding hydrogens is 228 g/mol. The maximum Gasteiger partial charge on any atom is -0.0181 e. The van der Waals surface area contributed by atoms with E-state index < -0.39 is 0 Å². The monoisotopic (exact) mass is 250 g/mol. The van der Waals surface area contributed by atoms with E-state index in [1.54, 1.807) is 0 Å². The van der Waals surface area contributed by atoms with Crippen LogP contribution in [0.4, 0.5) is 0 Å². The number of hydrogen-bond acceptors (Lipinski definition) is 0. The van der Waals surface area contributed by atoms with Crippen molar-refractivity contribution in [1.82, 2.24) is 0 Å². The molecule has 2 rings (SSSR count). The largest absolute Gasteiger partial charge is 0.0955 e. The van der Waals surface area contributed by atoms with E-state index in [9.17, 15) is 0 Å². The Morgan fingerprint density at radius 1 is 0.947 bits per heavy atom. The van der Waals surface area contributed by atoms with E-state index in [1.165, 1.54) is 33.4 Å². The molecule has 0 heteroatoms. The summed E-state index contributed by atoms with van der Waals surface area (Å²) in [4.78, 5) is 0. The molecule has 0 saturated heterocycles. The summed E-state index contributed by atoms with van der Waals surface area (Å²) in [5, 5.41) is 0. The minimum Gasteiger partial charge on any atom is -0.0955 e. The molecule has 0 amide bonds. The van der Waals surface area contributed by atoms with Gasteiger partial charge in [-0.2, -0.15) is 0 Å². The molecule has 0 spiro atoms. The van der Waals surface area contributed by atoms with Crippen molar-refractivity contribution in [2.24, 2.45) is 0 Å². The molecule has 0 unspecified atom stereocenters. The van der Waals surface area contributed by atoms with Gasteiger partial charge in [0.15, 0.2) is 0 Å². The topological polar surface area (TPSA) is 0 Å². The zero-order valence-electron chi connectivity index (χ0n) is 12.4. The van der Waals surface area contributed by atoms with Crippen LogP contribution in [0.15, 0.2) is 43.0 Å². The third-order valence-electron chi connectivity index (χ3n) is 3.75. The van der Waals surface area contributed by atoms with E-state index in [4.69, 9.17) is 0 Å². The second kappa shape index (κ2) is 5.44. The van der Waals surface area contributed by atoms with Crippen molar-refractivity contribution in [2.75, 3.05) is 0 Å². The Balaban J connectivity index is 2.48. The summed E-state index contributed by atoms with van der Waals surface area (Å²) in [5.41, 5.74) is 9.08. The molecule has 98 valence electrons. The first kappa shape index (κ1) is 13.6. The van der Waals surface area contributed by atoms with E-state index >= 15 is 0 Å². The first-order chi connectivity index (χ1) is 9.02. The molecule has 2 aromatic rings. The molecule has 0 aliphatic heterocycles. The summed E-state index contributed by atoms with van der Waals surface area (Å²) in [5.74, 6) is 0. The van der Waals surface area contributed by atoms with Crippen LogP contribution in [-0.4, -0.2) is 0 Å². The minimum absolute atomic E-state index is 1.09. The number of benzene rings is 2. The van der Waals surface area contributed by atoms with E-state index in [0.29, 0.717) is 0 Å². The van der Waals surface area contributed by atoms with Gasteiger partial charge in [0.05, 0.1) is 0 Å². The minimum atomic E-state index is 1.09. The highest BCUT2D eigenvalue weighted by Crippen LogP contribution is 2.27. The fourth-order valence-electron chi connectivity index (χ4n) is 2.55. The Kier molecular flexibility index (Phi) is 3.90. The Bertz CT molecular complexity index is 618. The normalized spacial score (nSPS) is 10.5. The van der Waals surface area contributed by atoms with Crippen molar-refractivity contribution in [3.8, 4) is 11.1 Å². The van der Waals surface area contributed by atoms with Crippen LogP contribution in [0, 0.1) is 13.8 Å². The van der Waals surface area contributed by atoms with Crippen molar-refractivity contribution in [3.63, 3.8) is 0 Å². The van der Waals surface area contributed by atoms with Gasteiger partial charge >= 0.3 is 0 Å². The number of hydrogen-bond donors (Lipinski definition) is 0. The summed E-state index contributed by atoms with van der Waals surface area (Å²) in [6.45, 7) is 12.6. The third-order valence-corrected chi connectivity index (χ3v) is 3.75. The Labute approximate surface area is 116 Å². The van der Waals surface area contributed by atoms with E-state index in [-0.39, 0.29) is 0 Å². The van der Waals surface area contributed by atoms with Crippen LogP contribution in [0.25, 0.3) is 16.7 Å². The summed E-state index contributed by atoms with van der Waals surface area (Å²) in [6, 6.07) is 13.4. The lowest BCUT2D eigenvalue weighted by molar-refractivity contribution is 1.11. The van der Waals surface area contributed by atoms with Gasteiger partial charge in [-0.3, -0.25) is 0 Å². The van der Waals surface area contributed by atoms with Crippen LogP contribution in [0.3, 0.4) is 0 Å². The fraction of sp³-hybridized carbons (Fsp3) is 0.263. The molecule has 0 saturated carbocycles. The summed E-state index contributed by atoms with van der Waals surface area (Å²) < 4.78 is 0. The van der Waals surface area contributed by atoms with Gasteiger partial charge in [0.25, 0.3) is 0 Å². The van der Waals surface area contributed by atoms with Crippen LogP contribution >= 0.6 is 0 Å². The van der Waals surface area contributed by atoms with Crippen LogP contribution in [0.2, 0.25) is 0 Å². The molecular formula is C19H22. The van der Waals surface area contributed by atoms with Crippen LogP contribution in [-0.2, 0) is 6.42 Å². The van der Waals surface area contributed by atoms with Crippen LogP contribution < -0.4 is 0 Å². The number of aryl methyl sites for hydroxylation is 3. The van der Waals surface area contributed by atoms with Gasteiger partial charge in [0, 0.05) is 0 Å². The molecule has 19 heavy (non-hydrogen) atoms. The van der Waals surface area contributed by atoms with Crippen molar-refractivity contribution in [1.29, 1.82) is 0 Å². The van der Waals surface area contributed by atoms with Gasteiger partial charge in [-0.05, 0) is 60.6 Å². The predicted octanol–water partition coefficient (Wildman–Crippen LogP) is 5.57. The maximum atomic E-state index is 4.03. The van der Waals surface area contributed by atoms with Gasteiger partial charge in [0.2, 0.25) is 0 Å². The van der Waals surface area contributed by atoms with Gasteiger partial charge in [-0.15, -0.1) is 0 Å². The van der Waals surface area contributed by atoms with Crippen molar-refractivity contribution >= 4 is 5.57 Å². The molecule has 0 atom stereocenters. The van der Waals surface area contributed by atoms with Crippen molar-refractivity contribution < 1.29 is 0 Å². The van der Waals surface area contributed by atoms with Gasteiger partial charge < -0.3 is 0 Å². The average molecular weight is 250 g/mol. The van der Waals surface area contributed by atoms with Crippen LogP contribution in [0.1, 0.15) is 36.1 Å². The first-order valence-electron chi connectivity index (χ1n) is 6.89. The second-order valence-corrected chi connectivity index (χ2v) is 5.30. The van der Waals surface area contributed by atoms with E-state index in [2.05, 4.69) is 70.7 Å². The molecule has 0 fully saturated rings. The zero-order chi connectivity index (χ0) is 14.0. The molecule has 0 aromatic heterocycles. The molecule has 0 aliphatic rings. The first-order valence-corrected chi connectivity index (χ1v) is 6.89. The SMILES string of the molecule is C=C(C)c1ccc(-c2ccc(C)c(CC)c2)cc1C. The molecule has 0 radical (unpaired) electrons. The molecule has 0 nitrogen and oxygen atoms in total. The zero-order valence-corrected chi connectivity index (χ0v) is 12.4. The molecule has 2 aromatic carbocycles. The van der Waals surface area contributed by atoms with Gasteiger partial charge in [0.1, 0.15) is 0 Å². The Hall–Kier alpha value is -1.82. The Morgan fingerprint density at radius 3 is 2.16 bits per heavy atom. The quantitative estimate of drug-likeness (QED) is 0.668. The number of allylic oxidation sites excluding steroid dienone is 1. The van der Waals surface area contributed by atoms with Crippen molar-refractivity contribution in [3.05, 3.63) is 65.2 Å². The van der Waals surface area contributed by atoms with Gasteiger partial charge in [-0.25, -0.2) is 0 Å². The highest BCUT2D eigenvalue weighted by molar-refractivity contribution is 5.71. The molecule has 0 N–H and O–H groups in total. The van der Waals surface area contributed by atoms with E-state index in [0.717, 1.165) is 12.0 Å².